The van der Waals surface area contributed by atoms with Crippen LogP contribution in [0.2, 0.25) is 0 Å². The van der Waals surface area contributed by atoms with E-state index in [2.05, 4.69) is 0 Å². The van der Waals surface area contributed by atoms with Gasteiger partial charge in [-0.1, -0.05) is 48.5 Å². The standard InChI is InChI=1S/C20H20N6/c21-15-11-7-3-1-5-9(11)13(17(23)19(15)25)14-10-6-2-4-8-12(10)16(22)20(26)18(14)24/h1-8H,21-26H2. The Labute approximate surface area is 150 Å². The van der Waals surface area contributed by atoms with Crippen LogP contribution in [0.25, 0.3) is 32.7 Å². The molecule has 0 spiro atoms. The molecule has 6 nitrogen and oxygen atoms in total. The van der Waals surface area contributed by atoms with Crippen molar-refractivity contribution in [2.45, 2.75) is 0 Å². The van der Waals surface area contributed by atoms with Crippen molar-refractivity contribution in [2.75, 3.05) is 34.4 Å². The Hall–Kier alpha value is -3.80. The molecule has 0 bridgehead atoms. The molecule has 0 aliphatic carbocycles. The van der Waals surface area contributed by atoms with Crippen molar-refractivity contribution in [1.82, 2.24) is 0 Å². The third kappa shape index (κ3) is 1.92. The molecule has 0 amide bonds. The maximum atomic E-state index is 6.40. The number of hydrogen-bond acceptors (Lipinski definition) is 6. The summed E-state index contributed by atoms with van der Waals surface area (Å²) in [7, 11) is 0. The van der Waals surface area contributed by atoms with Gasteiger partial charge in [0, 0.05) is 21.9 Å². The number of nitrogen functional groups attached to an aromatic ring is 6. The van der Waals surface area contributed by atoms with Crippen LogP contribution in [-0.2, 0) is 0 Å². The van der Waals surface area contributed by atoms with Crippen LogP contribution in [0, 0.1) is 0 Å². The first-order chi connectivity index (χ1) is 12.4. The van der Waals surface area contributed by atoms with E-state index < -0.39 is 0 Å². The summed E-state index contributed by atoms with van der Waals surface area (Å²) in [6.07, 6.45) is 0. The summed E-state index contributed by atoms with van der Waals surface area (Å²) >= 11 is 0. The van der Waals surface area contributed by atoms with Crippen molar-refractivity contribution in [2.24, 2.45) is 0 Å². The fourth-order valence-corrected chi connectivity index (χ4v) is 3.55. The molecule has 0 saturated carbocycles. The van der Waals surface area contributed by atoms with Gasteiger partial charge in [0.15, 0.2) is 0 Å². The first-order valence-electron chi connectivity index (χ1n) is 8.14. The Bertz CT molecular complexity index is 1100. The maximum Gasteiger partial charge on any atom is 0.0794 e. The van der Waals surface area contributed by atoms with Gasteiger partial charge in [-0.25, -0.2) is 0 Å². The van der Waals surface area contributed by atoms with Crippen molar-refractivity contribution < 1.29 is 0 Å². The molecule has 0 fully saturated rings. The summed E-state index contributed by atoms with van der Waals surface area (Å²) in [5.74, 6) is 0. The Morgan fingerprint density at radius 1 is 0.346 bits per heavy atom. The molecule has 0 heterocycles. The van der Waals surface area contributed by atoms with Crippen LogP contribution in [0.3, 0.4) is 0 Å². The first kappa shape index (κ1) is 15.7. The zero-order valence-electron chi connectivity index (χ0n) is 14.1. The van der Waals surface area contributed by atoms with E-state index in [-0.39, 0.29) is 0 Å². The van der Waals surface area contributed by atoms with Gasteiger partial charge in [-0.15, -0.1) is 0 Å². The van der Waals surface area contributed by atoms with E-state index in [0.29, 0.717) is 45.3 Å². The molecule has 0 radical (unpaired) electrons. The topological polar surface area (TPSA) is 156 Å². The lowest BCUT2D eigenvalue weighted by molar-refractivity contribution is 1.63. The molecule has 4 aromatic rings. The van der Waals surface area contributed by atoms with Crippen molar-refractivity contribution in [3.63, 3.8) is 0 Å². The van der Waals surface area contributed by atoms with Crippen LogP contribution in [0.5, 0.6) is 0 Å². The highest BCUT2D eigenvalue weighted by Gasteiger charge is 2.21. The lowest BCUT2D eigenvalue weighted by Gasteiger charge is -2.21. The van der Waals surface area contributed by atoms with Crippen LogP contribution < -0.4 is 34.4 Å². The molecule has 4 aromatic carbocycles. The van der Waals surface area contributed by atoms with Gasteiger partial charge >= 0.3 is 0 Å². The molecule has 130 valence electrons. The Balaban J connectivity index is 2.30. The van der Waals surface area contributed by atoms with Gasteiger partial charge < -0.3 is 34.4 Å². The number of benzene rings is 4. The summed E-state index contributed by atoms with van der Waals surface area (Å²) in [5, 5.41) is 3.34. The minimum atomic E-state index is 0.331. The summed E-state index contributed by atoms with van der Waals surface area (Å²) in [4.78, 5) is 0. The minimum absolute atomic E-state index is 0.331. The molecule has 4 rings (SSSR count). The highest BCUT2D eigenvalue weighted by Crippen LogP contribution is 2.49. The highest BCUT2D eigenvalue weighted by atomic mass is 14.8. The van der Waals surface area contributed by atoms with E-state index in [1.807, 2.05) is 48.5 Å². The molecule has 0 aliphatic heterocycles. The highest BCUT2D eigenvalue weighted by molar-refractivity contribution is 6.22. The number of fused-ring (bicyclic) bond motifs is 2. The number of rotatable bonds is 1. The number of anilines is 6. The molecule has 0 aliphatic rings. The molecule has 0 saturated heterocycles. The smallest absolute Gasteiger partial charge is 0.0794 e. The number of nitrogens with two attached hydrogens (primary N) is 6. The molecule has 26 heavy (non-hydrogen) atoms. The normalized spacial score (nSPS) is 11.2. The van der Waals surface area contributed by atoms with E-state index in [0.717, 1.165) is 21.5 Å². The Morgan fingerprint density at radius 2 is 0.654 bits per heavy atom. The van der Waals surface area contributed by atoms with E-state index in [9.17, 15) is 0 Å². The van der Waals surface area contributed by atoms with Crippen LogP contribution in [-0.4, -0.2) is 0 Å². The third-order valence-electron chi connectivity index (χ3n) is 4.92. The van der Waals surface area contributed by atoms with Gasteiger partial charge in [0.1, 0.15) is 0 Å². The third-order valence-corrected chi connectivity index (χ3v) is 4.92. The van der Waals surface area contributed by atoms with Crippen LogP contribution in [0.1, 0.15) is 0 Å². The fraction of sp³-hybridized carbons (Fsp3) is 0. The van der Waals surface area contributed by atoms with Crippen molar-refractivity contribution in [3.8, 4) is 11.1 Å². The van der Waals surface area contributed by atoms with Gasteiger partial charge in [0.25, 0.3) is 0 Å². The van der Waals surface area contributed by atoms with Crippen molar-refractivity contribution >= 4 is 55.7 Å². The predicted molar refractivity (Wildman–Crippen MR) is 113 cm³/mol. The predicted octanol–water partition coefficient (Wildman–Crippen LogP) is 3.15. The lowest BCUT2D eigenvalue weighted by atomic mass is 9.88. The first-order valence-corrected chi connectivity index (χ1v) is 8.14. The van der Waals surface area contributed by atoms with Gasteiger partial charge in [0.2, 0.25) is 0 Å². The second kappa shape index (κ2) is 5.35. The van der Waals surface area contributed by atoms with Crippen LogP contribution >= 0.6 is 0 Å². The van der Waals surface area contributed by atoms with E-state index in [1.54, 1.807) is 0 Å². The van der Waals surface area contributed by atoms with E-state index in [1.165, 1.54) is 0 Å². The molecule has 0 unspecified atom stereocenters. The Morgan fingerprint density at radius 3 is 1.00 bits per heavy atom. The molecule has 6 heteroatoms. The molecule has 12 N–H and O–H groups in total. The summed E-state index contributed by atoms with van der Waals surface area (Å²) in [5.41, 5.74) is 41.3. The molecular weight excluding hydrogens is 324 g/mol. The quantitative estimate of drug-likeness (QED) is 0.291. The van der Waals surface area contributed by atoms with E-state index >= 15 is 0 Å². The maximum absolute atomic E-state index is 6.40. The monoisotopic (exact) mass is 344 g/mol. The Kier molecular flexibility index (Phi) is 3.23. The SMILES string of the molecule is Nc1c(N)c(-c2c(N)c(N)c(N)c3ccccc23)c2ccccc2c1N. The van der Waals surface area contributed by atoms with Gasteiger partial charge in [-0.2, -0.15) is 0 Å². The fourth-order valence-electron chi connectivity index (χ4n) is 3.55. The zero-order chi connectivity index (χ0) is 18.6. The molecule has 0 aromatic heterocycles. The van der Waals surface area contributed by atoms with Crippen LogP contribution in [0.4, 0.5) is 34.1 Å². The zero-order valence-corrected chi connectivity index (χ0v) is 14.1. The van der Waals surface area contributed by atoms with E-state index in [4.69, 9.17) is 34.4 Å². The lowest BCUT2D eigenvalue weighted by Crippen LogP contribution is -2.07. The largest absolute Gasteiger partial charge is 0.396 e. The minimum Gasteiger partial charge on any atom is -0.396 e. The summed E-state index contributed by atoms with van der Waals surface area (Å²) in [6, 6.07) is 15.3. The van der Waals surface area contributed by atoms with Gasteiger partial charge in [0.05, 0.1) is 34.1 Å². The second-order valence-corrected chi connectivity index (χ2v) is 6.32. The average Bonchev–Trinajstić information content (AvgIpc) is 2.67. The number of hydrogen-bond donors (Lipinski definition) is 6. The summed E-state index contributed by atoms with van der Waals surface area (Å²) in [6.45, 7) is 0. The van der Waals surface area contributed by atoms with Crippen LogP contribution in [0.15, 0.2) is 48.5 Å². The average molecular weight is 344 g/mol. The van der Waals surface area contributed by atoms with Crippen molar-refractivity contribution in [1.29, 1.82) is 0 Å². The summed E-state index contributed by atoms with van der Waals surface area (Å²) < 4.78 is 0. The van der Waals surface area contributed by atoms with Gasteiger partial charge in [-0.05, 0) is 10.8 Å². The molecule has 0 atom stereocenters. The van der Waals surface area contributed by atoms with Crippen molar-refractivity contribution in [3.05, 3.63) is 48.5 Å². The van der Waals surface area contributed by atoms with Gasteiger partial charge in [-0.3, -0.25) is 0 Å². The molecular formula is C20H20N6. The second-order valence-electron chi connectivity index (χ2n) is 6.32.